The van der Waals surface area contributed by atoms with Crippen LogP contribution in [0.3, 0.4) is 0 Å². The van der Waals surface area contributed by atoms with Crippen LogP contribution < -0.4 is 15.8 Å². The molecule has 0 radical (unpaired) electrons. The van der Waals surface area contributed by atoms with Gasteiger partial charge in [-0.15, -0.1) is 0 Å². The van der Waals surface area contributed by atoms with Crippen molar-refractivity contribution >= 4 is 38.9 Å². The molecular weight excluding hydrogens is 486 g/mol. The Labute approximate surface area is 191 Å². The molecule has 174 valence electrons. The number of anilines is 2. The minimum absolute atomic E-state index is 0.0262. The highest BCUT2D eigenvalue weighted by molar-refractivity contribution is 7.92. The van der Waals surface area contributed by atoms with Crippen molar-refractivity contribution in [2.45, 2.75) is 17.6 Å². The van der Waals surface area contributed by atoms with E-state index in [4.69, 9.17) is 17.3 Å². The zero-order chi connectivity index (χ0) is 24.4. The number of carbonyl (C=O) groups excluding carboxylic acids is 1. The molecule has 3 aromatic carbocycles. The van der Waals surface area contributed by atoms with Crippen LogP contribution in [0.4, 0.5) is 28.9 Å². The summed E-state index contributed by atoms with van der Waals surface area (Å²) in [5.74, 6) is -1.78. The maximum Gasteiger partial charge on any atom is 0.417 e. The molecule has 0 saturated heterocycles. The van der Waals surface area contributed by atoms with Crippen molar-refractivity contribution in [2.24, 2.45) is 5.73 Å². The van der Waals surface area contributed by atoms with Gasteiger partial charge in [0.05, 0.1) is 26.7 Å². The second-order valence-electron chi connectivity index (χ2n) is 6.73. The van der Waals surface area contributed by atoms with E-state index < -0.39 is 43.9 Å². The van der Waals surface area contributed by atoms with Crippen LogP contribution in [-0.2, 0) is 22.7 Å². The molecule has 33 heavy (non-hydrogen) atoms. The number of sulfonamides is 1. The third-order valence-electron chi connectivity index (χ3n) is 4.50. The largest absolute Gasteiger partial charge is 0.417 e. The van der Waals surface area contributed by atoms with E-state index >= 15 is 0 Å². The smallest absolute Gasteiger partial charge is 0.326 e. The standard InChI is InChI=1S/C21H16ClF4N3O3S/c22-15-5-3-6-16(23)19(15)20(30)28-13-9-8-12(11-27)17(10-13)29-33(31,32)18-7-2-1-4-14(18)21(24,25)26/h1-10,29H,11,27H2,(H,28,30). The molecule has 6 nitrogen and oxygen atoms in total. The van der Waals surface area contributed by atoms with Gasteiger partial charge in [-0.1, -0.05) is 35.9 Å². The van der Waals surface area contributed by atoms with E-state index in [-0.39, 0.29) is 28.5 Å². The average Bonchev–Trinajstić information content (AvgIpc) is 2.73. The Balaban J connectivity index is 1.97. The number of carbonyl (C=O) groups is 1. The molecule has 1 amide bonds. The van der Waals surface area contributed by atoms with Gasteiger partial charge in [0.1, 0.15) is 5.82 Å². The Bertz CT molecular complexity index is 1290. The summed E-state index contributed by atoms with van der Waals surface area (Å²) in [7, 11) is -4.69. The fourth-order valence-electron chi connectivity index (χ4n) is 2.97. The van der Waals surface area contributed by atoms with Crippen molar-refractivity contribution in [2.75, 3.05) is 10.0 Å². The van der Waals surface area contributed by atoms with Crippen LogP contribution in [0.5, 0.6) is 0 Å². The third kappa shape index (κ3) is 5.44. The molecule has 0 bridgehead atoms. The minimum Gasteiger partial charge on any atom is -0.326 e. The van der Waals surface area contributed by atoms with Gasteiger partial charge in [0.25, 0.3) is 15.9 Å². The first-order valence-corrected chi connectivity index (χ1v) is 11.1. The maximum absolute atomic E-state index is 14.0. The van der Waals surface area contributed by atoms with Crippen molar-refractivity contribution in [1.82, 2.24) is 0 Å². The maximum atomic E-state index is 14.0. The Kier molecular flexibility index (Phi) is 6.96. The summed E-state index contributed by atoms with van der Waals surface area (Å²) >= 11 is 5.88. The SMILES string of the molecule is NCc1ccc(NC(=O)c2c(F)cccc2Cl)cc1NS(=O)(=O)c1ccccc1C(F)(F)F. The summed E-state index contributed by atoms with van der Waals surface area (Å²) in [4.78, 5) is 11.5. The van der Waals surface area contributed by atoms with E-state index in [1.165, 1.54) is 24.3 Å². The van der Waals surface area contributed by atoms with Gasteiger partial charge in [0.15, 0.2) is 0 Å². The van der Waals surface area contributed by atoms with E-state index in [0.717, 1.165) is 30.3 Å². The Hall–Kier alpha value is -3.15. The zero-order valence-corrected chi connectivity index (χ0v) is 18.2. The highest BCUT2D eigenvalue weighted by atomic mass is 35.5. The lowest BCUT2D eigenvalue weighted by molar-refractivity contribution is -0.139. The number of hydrogen-bond acceptors (Lipinski definition) is 4. The number of nitrogens with one attached hydrogen (secondary N) is 2. The fourth-order valence-corrected chi connectivity index (χ4v) is 4.54. The highest BCUT2D eigenvalue weighted by Crippen LogP contribution is 2.35. The predicted molar refractivity (Wildman–Crippen MR) is 116 cm³/mol. The first kappa shape index (κ1) is 24.5. The first-order valence-electron chi connectivity index (χ1n) is 9.21. The molecule has 0 spiro atoms. The van der Waals surface area contributed by atoms with Gasteiger partial charge in [0.2, 0.25) is 0 Å². The van der Waals surface area contributed by atoms with Gasteiger partial charge in [-0.25, -0.2) is 12.8 Å². The number of rotatable bonds is 6. The normalized spacial score (nSPS) is 11.8. The summed E-state index contributed by atoms with van der Waals surface area (Å²) in [6, 6.07) is 11.2. The summed E-state index contributed by atoms with van der Waals surface area (Å²) in [6.07, 6.45) is -4.91. The Morgan fingerprint density at radius 1 is 1.03 bits per heavy atom. The molecule has 0 saturated carbocycles. The molecule has 0 aliphatic carbocycles. The Morgan fingerprint density at radius 2 is 1.73 bits per heavy atom. The van der Waals surface area contributed by atoms with Crippen molar-refractivity contribution in [3.8, 4) is 0 Å². The molecule has 4 N–H and O–H groups in total. The second kappa shape index (κ2) is 9.38. The van der Waals surface area contributed by atoms with E-state index in [1.54, 1.807) is 0 Å². The monoisotopic (exact) mass is 501 g/mol. The lowest BCUT2D eigenvalue weighted by atomic mass is 10.1. The molecule has 0 fully saturated rings. The summed E-state index contributed by atoms with van der Waals surface area (Å²) in [5.41, 5.74) is 3.96. The highest BCUT2D eigenvalue weighted by Gasteiger charge is 2.37. The van der Waals surface area contributed by atoms with Crippen LogP contribution in [0.15, 0.2) is 65.6 Å². The van der Waals surface area contributed by atoms with E-state index in [9.17, 15) is 30.8 Å². The van der Waals surface area contributed by atoms with Crippen molar-refractivity contribution in [3.05, 3.63) is 88.2 Å². The Morgan fingerprint density at radius 3 is 2.36 bits per heavy atom. The van der Waals surface area contributed by atoms with Crippen molar-refractivity contribution in [3.63, 3.8) is 0 Å². The lowest BCUT2D eigenvalue weighted by Gasteiger charge is -2.17. The van der Waals surface area contributed by atoms with E-state index in [2.05, 4.69) is 10.0 Å². The fraction of sp³-hybridized carbons (Fsp3) is 0.0952. The van der Waals surface area contributed by atoms with Crippen LogP contribution in [0.25, 0.3) is 0 Å². The number of nitrogens with two attached hydrogens (primary N) is 1. The quantitative estimate of drug-likeness (QED) is 0.413. The number of benzene rings is 3. The first-order chi connectivity index (χ1) is 15.4. The predicted octanol–water partition coefficient (Wildman–Crippen LogP) is 5.01. The summed E-state index contributed by atoms with van der Waals surface area (Å²) in [5, 5.41) is 2.23. The van der Waals surface area contributed by atoms with Crippen LogP contribution in [-0.4, -0.2) is 14.3 Å². The van der Waals surface area contributed by atoms with Crippen LogP contribution in [0.2, 0.25) is 5.02 Å². The minimum atomic E-state index is -4.91. The third-order valence-corrected chi connectivity index (χ3v) is 6.24. The van der Waals surface area contributed by atoms with Crippen LogP contribution >= 0.6 is 11.6 Å². The van der Waals surface area contributed by atoms with Crippen LogP contribution in [0, 0.1) is 5.82 Å². The molecule has 0 aliphatic rings. The number of hydrogen-bond donors (Lipinski definition) is 3. The van der Waals surface area contributed by atoms with Crippen molar-refractivity contribution < 1.29 is 30.8 Å². The molecule has 3 aromatic rings. The van der Waals surface area contributed by atoms with Crippen LogP contribution in [0.1, 0.15) is 21.5 Å². The molecule has 3 rings (SSSR count). The van der Waals surface area contributed by atoms with Gasteiger partial charge < -0.3 is 11.1 Å². The van der Waals surface area contributed by atoms with Gasteiger partial charge in [-0.05, 0) is 42.0 Å². The van der Waals surface area contributed by atoms with Gasteiger partial charge in [-0.3, -0.25) is 9.52 Å². The zero-order valence-electron chi connectivity index (χ0n) is 16.6. The van der Waals surface area contributed by atoms with E-state index in [0.29, 0.717) is 6.07 Å². The summed E-state index contributed by atoms with van der Waals surface area (Å²) < 4.78 is 81.5. The van der Waals surface area contributed by atoms with Gasteiger partial charge in [0, 0.05) is 12.2 Å². The van der Waals surface area contributed by atoms with Gasteiger partial charge in [-0.2, -0.15) is 13.2 Å². The number of amides is 1. The number of halogens is 5. The van der Waals surface area contributed by atoms with Gasteiger partial charge >= 0.3 is 6.18 Å². The topological polar surface area (TPSA) is 101 Å². The molecular formula is C21H16ClF4N3O3S. The lowest BCUT2D eigenvalue weighted by Crippen LogP contribution is -2.20. The molecule has 0 atom stereocenters. The number of alkyl halides is 3. The van der Waals surface area contributed by atoms with Crippen molar-refractivity contribution in [1.29, 1.82) is 0 Å². The molecule has 0 heterocycles. The molecule has 0 aliphatic heterocycles. The van der Waals surface area contributed by atoms with E-state index in [1.807, 2.05) is 0 Å². The molecule has 0 aromatic heterocycles. The average molecular weight is 502 g/mol. The summed E-state index contributed by atoms with van der Waals surface area (Å²) in [6.45, 7) is -0.161. The second-order valence-corrected chi connectivity index (χ2v) is 8.78. The molecule has 0 unspecified atom stereocenters. The molecule has 12 heteroatoms.